The van der Waals surface area contributed by atoms with E-state index in [0.717, 1.165) is 9.80 Å². The molecule has 4 aromatic rings. The number of hydrogen-bond donors (Lipinski definition) is 0. The molecule has 0 radical (unpaired) electrons. The number of fused-ring (bicyclic) bond motifs is 2. The van der Waals surface area contributed by atoms with Crippen LogP contribution in [0.1, 0.15) is 31.8 Å². The number of nitro groups is 2. The second kappa shape index (κ2) is 10.8. The number of amides is 2. The Bertz CT molecular complexity index is 1810. The number of nitro benzene ring substituents is 2. The minimum atomic E-state index is -0.623. The van der Waals surface area contributed by atoms with Crippen LogP contribution in [0, 0.1) is 20.2 Å². The van der Waals surface area contributed by atoms with Gasteiger partial charge in [-0.2, -0.15) is 0 Å². The zero-order chi connectivity index (χ0) is 31.1. The summed E-state index contributed by atoms with van der Waals surface area (Å²) in [6.07, 6.45) is -0.511. The van der Waals surface area contributed by atoms with Gasteiger partial charge in [-0.05, 0) is 35.4 Å². The first-order valence-electron chi connectivity index (χ1n) is 13.3. The van der Waals surface area contributed by atoms with Crippen LogP contribution < -0.4 is 9.80 Å². The number of hydrogen-bond acceptors (Lipinski definition) is 8. The van der Waals surface area contributed by atoms with E-state index in [1.54, 1.807) is 36.4 Å². The third kappa shape index (κ3) is 4.69. The average molecular weight is 589 g/mol. The van der Waals surface area contributed by atoms with E-state index in [-0.39, 0.29) is 58.1 Å². The van der Waals surface area contributed by atoms with Crippen LogP contribution in [0.25, 0.3) is 0 Å². The van der Waals surface area contributed by atoms with Crippen LogP contribution in [0.5, 0.6) is 0 Å². The summed E-state index contributed by atoms with van der Waals surface area (Å²) in [7, 11) is 0. The summed E-state index contributed by atoms with van der Waals surface area (Å²) in [6.45, 7) is 0. The Balaban J connectivity index is 1.45. The minimum Gasteiger partial charge on any atom is -0.287 e. The summed E-state index contributed by atoms with van der Waals surface area (Å²) in [4.78, 5) is 78.9. The Morgan fingerprint density at radius 2 is 0.886 bits per heavy atom. The maximum Gasteiger partial charge on any atom is 0.269 e. The fraction of sp³-hybridized carbons (Fsp3) is 0.0625. The van der Waals surface area contributed by atoms with Gasteiger partial charge >= 0.3 is 0 Å². The highest BCUT2D eigenvalue weighted by molar-refractivity contribution is 6.34. The van der Waals surface area contributed by atoms with Gasteiger partial charge in [0.15, 0.2) is 0 Å². The Labute approximate surface area is 248 Å². The summed E-state index contributed by atoms with van der Waals surface area (Å²) in [5, 5.41) is 22.1. The largest absolute Gasteiger partial charge is 0.287 e. The summed E-state index contributed by atoms with van der Waals surface area (Å²) >= 11 is 0. The number of benzene rings is 4. The second-order valence-corrected chi connectivity index (χ2v) is 10.0. The molecule has 0 unspecified atom stereocenters. The van der Waals surface area contributed by atoms with Gasteiger partial charge < -0.3 is 0 Å². The summed E-state index contributed by atoms with van der Waals surface area (Å²) in [5.41, 5.74) is 0.814. The van der Waals surface area contributed by atoms with Crippen molar-refractivity contribution < 1.29 is 29.0 Å². The van der Waals surface area contributed by atoms with E-state index >= 15 is 0 Å². The molecule has 0 fully saturated rings. The molecule has 44 heavy (non-hydrogen) atoms. The van der Waals surface area contributed by atoms with Crippen molar-refractivity contribution in [1.82, 2.24) is 0 Å². The van der Waals surface area contributed by atoms with Crippen molar-refractivity contribution in [3.05, 3.63) is 151 Å². The van der Waals surface area contributed by atoms with Gasteiger partial charge in [0.2, 0.25) is 23.4 Å². The van der Waals surface area contributed by atoms with Crippen LogP contribution in [-0.4, -0.2) is 33.2 Å². The van der Waals surface area contributed by atoms with E-state index in [9.17, 15) is 39.4 Å². The van der Waals surface area contributed by atoms with Crippen LogP contribution in [0.4, 0.5) is 22.7 Å². The van der Waals surface area contributed by atoms with Gasteiger partial charge in [-0.3, -0.25) is 49.2 Å². The van der Waals surface area contributed by atoms with Gasteiger partial charge in [0.1, 0.15) is 11.4 Å². The molecule has 2 heterocycles. The first kappa shape index (κ1) is 27.8. The third-order valence-electron chi connectivity index (χ3n) is 7.38. The van der Waals surface area contributed by atoms with Gasteiger partial charge in [0.05, 0.1) is 34.1 Å². The monoisotopic (exact) mass is 588 g/mol. The molecule has 0 saturated carbocycles. The molecule has 0 spiro atoms. The zero-order valence-corrected chi connectivity index (χ0v) is 22.7. The quantitative estimate of drug-likeness (QED) is 0.173. The van der Waals surface area contributed by atoms with Crippen molar-refractivity contribution in [2.45, 2.75) is 12.8 Å². The molecule has 0 aromatic heterocycles. The van der Waals surface area contributed by atoms with E-state index < -0.39 is 33.2 Å². The van der Waals surface area contributed by atoms with Crippen molar-refractivity contribution >= 4 is 46.1 Å². The Morgan fingerprint density at radius 3 is 1.23 bits per heavy atom. The minimum absolute atomic E-state index is 0.151. The lowest BCUT2D eigenvalue weighted by molar-refractivity contribution is -0.385. The molecule has 0 atom stereocenters. The molecule has 12 heteroatoms. The molecule has 216 valence electrons. The second-order valence-electron chi connectivity index (χ2n) is 10.0. The SMILES string of the molecule is O=C1/C(=C2/C(=O)c3ccccc3N2C(=O)Cc2ccc([N+](=O)[O-])cc2)N(C(=O)Cc2ccc([N+](=O)[O-])cc2)c2ccccc21. The number of Topliss-reactive ketones (excluding diaryl/α,β-unsaturated/α-hetero) is 2. The first-order chi connectivity index (χ1) is 21.2. The lowest BCUT2D eigenvalue weighted by Crippen LogP contribution is -2.37. The van der Waals surface area contributed by atoms with E-state index in [1.165, 1.54) is 60.7 Å². The van der Waals surface area contributed by atoms with E-state index in [1.807, 2.05) is 0 Å². The molecule has 0 N–H and O–H groups in total. The number of ketones is 2. The molecule has 0 aliphatic carbocycles. The summed E-state index contributed by atoms with van der Waals surface area (Å²) < 4.78 is 0. The molecule has 0 saturated heterocycles. The van der Waals surface area contributed by atoms with Crippen LogP contribution >= 0.6 is 0 Å². The molecular formula is C32H20N4O8. The molecule has 2 aliphatic rings. The number of carbonyl (C=O) groups is 4. The summed E-state index contributed by atoms with van der Waals surface area (Å²) in [5.74, 6) is -2.43. The van der Waals surface area contributed by atoms with Crippen molar-refractivity contribution in [2.75, 3.05) is 9.80 Å². The smallest absolute Gasteiger partial charge is 0.269 e. The molecule has 4 aromatic carbocycles. The van der Waals surface area contributed by atoms with E-state index in [0.29, 0.717) is 11.1 Å². The lowest BCUT2D eigenvalue weighted by Gasteiger charge is -2.24. The van der Waals surface area contributed by atoms with Crippen LogP contribution in [-0.2, 0) is 22.4 Å². The van der Waals surface area contributed by atoms with Crippen molar-refractivity contribution in [2.24, 2.45) is 0 Å². The van der Waals surface area contributed by atoms with Crippen molar-refractivity contribution in [3.63, 3.8) is 0 Å². The van der Waals surface area contributed by atoms with Crippen molar-refractivity contribution in [3.8, 4) is 0 Å². The number of rotatable bonds is 6. The van der Waals surface area contributed by atoms with Gasteiger partial charge in [-0.1, -0.05) is 48.5 Å². The lowest BCUT2D eigenvalue weighted by atomic mass is 10.1. The maximum atomic E-state index is 13.9. The molecule has 0 bridgehead atoms. The predicted molar refractivity (Wildman–Crippen MR) is 157 cm³/mol. The molecule has 2 amide bonds. The van der Waals surface area contributed by atoms with Crippen molar-refractivity contribution in [1.29, 1.82) is 0 Å². The van der Waals surface area contributed by atoms with E-state index in [4.69, 9.17) is 0 Å². The molecule has 6 rings (SSSR count). The first-order valence-corrected chi connectivity index (χ1v) is 13.3. The Kier molecular flexibility index (Phi) is 6.86. The fourth-order valence-corrected chi connectivity index (χ4v) is 5.34. The highest BCUT2D eigenvalue weighted by Gasteiger charge is 2.46. The summed E-state index contributed by atoms with van der Waals surface area (Å²) in [6, 6.07) is 23.5. The Morgan fingerprint density at radius 1 is 0.545 bits per heavy atom. The van der Waals surface area contributed by atoms with Gasteiger partial charge in [0, 0.05) is 35.4 Å². The molecule has 2 aliphatic heterocycles. The molecule has 12 nitrogen and oxygen atoms in total. The number of allylic oxidation sites excluding steroid dienone is 2. The standard InChI is InChI=1S/C32H20N4O8/c37-27(17-19-9-13-21(14-10-19)35(41)42)33-25-7-3-1-5-23(25)31(39)29(33)30-32(40)24-6-2-4-8-26(24)34(30)28(38)18-20-11-15-22(16-12-20)36(43)44/h1-16H,17-18H2/b30-29+. The number of para-hydroxylation sites is 2. The number of anilines is 2. The maximum absolute atomic E-state index is 13.9. The topological polar surface area (TPSA) is 161 Å². The molecular weight excluding hydrogens is 568 g/mol. The van der Waals surface area contributed by atoms with Crippen LogP contribution in [0.2, 0.25) is 0 Å². The van der Waals surface area contributed by atoms with Crippen LogP contribution in [0.3, 0.4) is 0 Å². The highest BCUT2D eigenvalue weighted by atomic mass is 16.6. The van der Waals surface area contributed by atoms with Gasteiger partial charge in [-0.25, -0.2) is 0 Å². The zero-order valence-electron chi connectivity index (χ0n) is 22.7. The van der Waals surface area contributed by atoms with E-state index in [2.05, 4.69) is 0 Å². The number of nitrogens with zero attached hydrogens (tertiary/aromatic N) is 4. The number of carbonyl (C=O) groups excluding carboxylic acids is 4. The average Bonchev–Trinajstić information content (AvgIpc) is 3.48. The predicted octanol–water partition coefficient (Wildman–Crippen LogP) is 4.96. The van der Waals surface area contributed by atoms with Gasteiger partial charge in [-0.15, -0.1) is 0 Å². The Hall–Kier alpha value is -6.30. The van der Waals surface area contributed by atoms with Crippen LogP contribution in [0.15, 0.2) is 108 Å². The highest BCUT2D eigenvalue weighted by Crippen LogP contribution is 2.43. The fourth-order valence-electron chi connectivity index (χ4n) is 5.34. The van der Waals surface area contributed by atoms with Gasteiger partial charge in [0.25, 0.3) is 11.4 Å². The normalized spacial score (nSPS) is 15.3. The number of non-ortho nitro benzene ring substituents is 2. The third-order valence-corrected chi connectivity index (χ3v) is 7.38.